The van der Waals surface area contributed by atoms with Crippen LogP contribution < -0.4 is 10.6 Å². The van der Waals surface area contributed by atoms with Crippen LogP contribution in [-0.4, -0.2) is 37.9 Å². The Morgan fingerprint density at radius 3 is 2.83 bits per heavy atom. The summed E-state index contributed by atoms with van der Waals surface area (Å²) in [6.45, 7) is 0.208. The molecule has 1 aromatic rings. The Bertz CT molecular complexity index is 454. The Morgan fingerprint density at radius 1 is 1.61 bits per heavy atom. The van der Waals surface area contributed by atoms with Crippen LogP contribution in [0.25, 0.3) is 0 Å². The molecule has 1 atom stereocenters. The second kappa shape index (κ2) is 5.03. The van der Waals surface area contributed by atoms with Gasteiger partial charge in [0.15, 0.2) is 5.82 Å². The second-order valence-electron chi connectivity index (χ2n) is 4.34. The highest BCUT2D eigenvalue weighted by molar-refractivity contribution is 5.82. The minimum absolute atomic E-state index is 0.0584. The topological polar surface area (TPSA) is 109 Å². The Hall–Kier alpha value is -2.12. The van der Waals surface area contributed by atoms with Crippen LogP contribution in [0.3, 0.4) is 0 Å². The molecule has 0 radical (unpaired) electrons. The number of carboxylic acid groups (broad SMARTS) is 1. The van der Waals surface area contributed by atoms with Gasteiger partial charge in [0.1, 0.15) is 12.4 Å². The molecule has 0 aliphatic heterocycles. The van der Waals surface area contributed by atoms with Gasteiger partial charge in [-0.15, -0.1) is 10.2 Å². The van der Waals surface area contributed by atoms with Crippen molar-refractivity contribution >= 4 is 12.0 Å². The summed E-state index contributed by atoms with van der Waals surface area (Å²) in [5.74, 6) is -0.335. The monoisotopic (exact) mass is 253 g/mol. The maximum Gasteiger partial charge on any atom is 0.326 e. The van der Waals surface area contributed by atoms with Gasteiger partial charge in [-0.1, -0.05) is 0 Å². The average molecular weight is 253 g/mol. The smallest absolute Gasteiger partial charge is 0.326 e. The zero-order valence-electron chi connectivity index (χ0n) is 9.96. The third kappa shape index (κ3) is 2.96. The van der Waals surface area contributed by atoms with Crippen LogP contribution >= 0.6 is 0 Å². The lowest BCUT2D eigenvalue weighted by atomic mass is 10.2. The lowest BCUT2D eigenvalue weighted by Crippen LogP contribution is -2.47. The highest BCUT2D eigenvalue weighted by Gasteiger charge is 2.37. The van der Waals surface area contributed by atoms with E-state index >= 15 is 0 Å². The van der Waals surface area contributed by atoms with Crippen LogP contribution in [0.15, 0.2) is 6.33 Å². The molecule has 2 amide bonds. The zero-order valence-corrected chi connectivity index (χ0v) is 9.96. The number of hydrogen-bond donors (Lipinski definition) is 3. The summed E-state index contributed by atoms with van der Waals surface area (Å²) in [5.41, 5.74) is 0. The number of amides is 2. The number of carbonyl (C=O) groups is 2. The van der Waals surface area contributed by atoms with E-state index in [0.29, 0.717) is 5.82 Å². The van der Waals surface area contributed by atoms with Crippen LogP contribution in [0.2, 0.25) is 0 Å². The summed E-state index contributed by atoms with van der Waals surface area (Å²) in [6.07, 6.45) is 3.22. The van der Waals surface area contributed by atoms with E-state index in [-0.39, 0.29) is 12.5 Å². The molecule has 8 nitrogen and oxygen atoms in total. The van der Waals surface area contributed by atoms with Crippen molar-refractivity contribution in [3.63, 3.8) is 0 Å². The molecule has 1 fully saturated rings. The molecule has 1 aromatic heterocycles. The van der Waals surface area contributed by atoms with E-state index in [9.17, 15) is 9.59 Å². The first-order valence-electron chi connectivity index (χ1n) is 5.68. The first kappa shape index (κ1) is 12.3. The Kier molecular flexibility index (Phi) is 3.45. The number of carboxylic acids is 1. The summed E-state index contributed by atoms with van der Waals surface area (Å²) in [4.78, 5) is 22.5. The Labute approximate surface area is 103 Å². The normalized spacial score (nSPS) is 16.1. The molecule has 3 N–H and O–H groups in total. The quantitative estimate of drug-likeness (QED) is 0.654. The molecule has 1 aliphatic carbocycles. The van der Waals surface area contributed by atoms with Crippen molar-refractivity contribution in [3.05, 3.63) is 12.2 Å². The van der Waals surface area contributed by atoms with Gasteiger partial charge < -0.3 is 20.3 Å². The molecule has 1 heterocycles. The molecule has 98 valence electrons. The largest absolute Gasteiger partial charge is 0.480 e. The Morgan fingerprint density at radius 2 is 2.33 bits per heavy atom. The minimum Gasteiger partial charge on any atom is -0.480 e. The van der Waals surface area contributed by atoms with Gasteiger partial charge in [-0.05, 0) is 18.8 Å². The maximum absolute atomic E-state index is 11.6. The molecular weight excluding hydrogens is 238 g/mol. The molecule has 8 heteroatoms. The van der Waals surface area contributed by atoms with E-state index in [4.69, 9.17) is 5.11 Å². The van der Waals surface area contributed by atoms with Gasteiger partial charge in [0.05, 0.1) is 6.54 Å². The summed E-state index contributed by atoms with van der Waals surface area (Å²) < 4.78 is 1.68. The van der Waals surface area contributed by atoms with Crippen LogP contribution in [0.5, 0.6) is 0 Å². The fourth-order valence-electron chi connectivity index (χ4n) is 1.63. The van der Waals surface area contributed by atoms with Gasteiger partial charge >= 0.3 is 12.0 Å². The molecular formula is C10H15N5O3. The Balaban J connectivity index is 1.81. The molecule has 18 heavy (non-hydrogen) atoms. The number of urea groups is 1. The van der Waals surface area contributed by atoms with Gasteiger partial charge in [0.2, 0.25) is 0 Å². The predicted octanol–water partition coefficient (Wildman–Crippen LogP) is -0.522. The van der Waals surface area contributed by atoms with Crippen LogP contribution in [0.4, 0.5) is 4.79 Å². The number of aromatic nitrogens is 3. The van der Waals surface area contributed by atoms with E-state index in [0.717, 1.165) is 12.8 Å². The molecule has 0 aromatic carbocycles. The number of carbonyl (C=O) groups excluding carboxylic acids is 1. The van der Waals surface area contributed by atoms with E-state index in [2.05, 4.69) is 20.8 Å². The third-order valence-electron chi connectivity index (χ3n) is 2.86. The molecule has 0 bridgehead atoms. The predicted molar refractivity (Wildman–Crippen MR) is 60.5 cm³/mol. The lowest BCUT2D eigenvalue weighted by molar-refractivity contribution is -0.139. The van der Waals surface area contributed by atoms with E-state index in [1.807, 2.05) is 0 Å². The molecule has 0 spiro atoms. The number of nitrogens with one attached hydrogen (secondary N) is 2. The highest BCUT2D eigenvalue weighted by atomic mass is 16.4. The van der Waals surface area contributed by atoms with E-state index in [1.54, 1.807) is 11.6 Å². The van der Waals surface area contributed by atoms with Crippen molar-refractivity contribution in [3.8, 4) is 0 Å². The number of aryl methyl sites for hydroxylation is 1. The van der Waals surface area contributed by atoms with E-state index in [1.165, 1.54) is 6.33 Å². The fourth-order valence-corrected chi connectivity index (χ4v) is 1.63. The first-order chi connectivity index (χ1) is 8.58. The second-order valence-corrected chi connectivity index (χ2v) is 4.34. The van der Waals surface area contributed by atoms with Gasteiger partial charge in [-0.2, -0.15) is 0 Å². The zero-order chi connectivity index (χ0) is 13.1. The number of hydrogen-bond acceptors (Lipinski definition) is 4. The van der Waals surface area contributed by atoms with Crippen molar-refractivity contribution in [2.45, 2.75) is 25.4 Å². The van der Waals surface area contributed by atoms with Crippen LogP contribution in [0, 0.1) is 5.92 Å². The van der Waals surface area contributed by atoms with Crippen molar-refractivity contribution in [2.75, 3.05) is 0 Å². The maximum atomic E-state index is 11.6. The van der Waals surface area contributed by atoms with Crippen LogP contribution in [0.1, 0.15) is 18.7 Å². The first-order valence-corrected chi connectivity index (χ1v) is 5.68. The molecule has 0 saturated heterocycles. The summed E-state index contributed by atoms with van der Waals surface area (Å²) in [5, 5.41) is 21.4. The lowest BCUT2D eigenvalue weighted by Gasteiger charge is -2.14. The van der Waals surface area contributed by atoms with Crippen LogP contribution in [-0.2, 0) is 18.4 Å². The standard InChI is InChI=1S/C10H15N5O3/c1-15-5-12-14-7(15)4-11-10(18)13-8(9(16)17)6-2-3-6/h5-6,8H,2-4H2,1H3,(H,16,17)(H2,11,13,18). The minimum atomic E-state index is -0.994. The van der Waals surface area contributed by atoms with E-state index < -0.39 is 18.0 Å². The average Bonchev–Trinajstić information content (AvgIpc) is 3.07. The fraction of sp³-hybridized carbons (Fsp3) is 0.600. The summed E-state index contributed by atoms with van der Waals surface area (Å²) in [6, 6.07) is -1.30. The highest BCUT2D eigenvalue weighted by Crippen LogP contribution is 2.32. The molecule has 1 saturated carbocycles. The van der Waals surface area contributed by atoms with Crippen molar-refractivity contribution in [1.82, 2.24) is 25.4 Å². The van der Waals surface area contributed by atoms with Crippen molar-refractivity contribution in [1.29, 1.82) is 0 Å². The van der Waals surface area contributed by atoms with Gasteiger partial charge in [0.25, 0.3) is 0 Å². The van der Waals surface area contributed by atoms with Gasteiger partial charge in [-0.3, -0.25) is 0 Å². The van der Waals surface area contributed by atoms with Gasteiger partial charge in [-0.25, -0.2) is 9.59 Å². The molecule has 2 rings (SSSR count). The van der Waals surface area contributed by atoms with Crippen molar-refractivity contribution in [2.24, 2.45) is 13.0 Å². The van der Waals surface area contributed by atoms with Crippen molar-refractivity contribution < 1.29 is 14.7 Å². The molecule has 1 aliphatic rings. The number of aliphatic carboxylic acids is 1. The number of nitrogens with zero attached hydrogens (tertiary/aromatic N) is 3. The molecule has 1 unspecified atom stereocenters. The van der Waals surface area contributed by atoms with Gasteiger partial charge in [0, 0.05) is 7.05 Å². The summed E-state index contributed by atoms with van der Waals surface area (Å²) >= 11 is 0. The SMILES string of the molecule is Cn1cnnc1CNC(=O)NC(C(=O)O)C1CC1. The number of rotatable bonds is 5. The third-order valence-corrected chi connectivity index (χ3v) is 2.86. The summed E-state index contributed by atoms with van der Waals surface area (Å²) in [7, 11) is 1.76.